The number of hydrogen-bond donors (Lipinski definition) is 3. The third kappa shape index (κ3) is 3.67. The Morgan fingerprint density at radius 2 is 1.95 bits per heavy atom. The molecule has 0 aromatic rings. The summed E-state index contributed by atoms with van der Waals surface area (Å²) in [5.74, 6) is -0.815. The highest BCUT2D eigenvalue weighted by Gasteiger charge is 2.50. The van der Waals surface area contributed by atoms with Crippen molar-refractivity contribution in [3.05, 3.63) is 0 Å². The second-order valence-electron chi connectivity index (χ2n) is 6.34. The van der Waals surface area contributed by atoms with Crippen molar-refractivity contribution in [2.75, 3.05) is 13.2 Å². The topological polar surface area (TPSA) is 87.7 Å². The summed E-state index contributed by atoms with van der Waals surface area (Å²) in [6, 6.07) is -0.172. The lowest BCUT2D eigenvalue weighted by molar-refractivity contribution is -0.143. The largest absolute Gasteiger partial charge is 0.481 e. The predicted octanol–water partition coefficient (Wildman–Crippen LogP) is 1.89. The minimum absolute atomic E-state index is 0.0960. The summed E-state index contributed by atoms with van der Waals surface area (Å²) in [5.41, 5.74) is -0.849. The number of urea groups is 1. The second-order valence-corrected chi connectivity index (χ2v) is 6.34. The van der Waals surface area contributed by atoms with Gasteiger partial charge in [-0.05, 0) is 38.5 Å². The fourth-order valence-corrected chi connectivity index (χ4v) is 3.00. The lowest BCUT2D eigenvalue weighted by Crippen LogP contribution is -2.51. The van der Waals surface area contributed by atoms with Gasteiger partial charge in [0.2, 0.25) is 0 Å². The van der Waals surface area contributed by atoms with E-state index in [1.165, 1.54) is 0 Å². The van der Waals surface area contributed by atoms with E-state index in [9.17, 15) is 9.59 Å². The third-order valence-electron chi connectivity index (χ3n) is 5.01. The molecule has 1 saturated carbocycles. The van der Waals surface area contributed by atoms with Gasteiger partial charge in [0.15, 0.2) is 0 Å². The first kappa shape index (κ1) is 16.1. The molecule has 1 aliphatic carbocycles. The number of carboxylic acids is 1. The molecule has 0 radical (unpaired) electrons. The van der Waals surface area contributed by atoms with Gasteiger partial charge in [-0.3, -0.25) is 4.79 Å². The van der Waals surface area contributed by atoms with Crippen LogP contribution in [0.25, 0.3) is 0 Å². The molecule has 1 heterocycles. The molecule has 0 spiro atoms. The standard InChI is InChI=1S/C15H26N2O4/c1-3-15(4-2)9-11(5-8-21-15)17-13(20)16-10-14(6-7-14)12(18)19/h11H,3-10H2,1-2H3,(H,18,19)(H2,16,17,20). The maximum atomic E-state index is 11.9. The van der Waals surface area contributed by atoms with Crippen LogP contribution in [0.3, 0.4) is 0 Å². The fourth-order valence-electron chi connectivity index (χ4n) is 3.00. The number of hydrogen-bond acceptors (Lipinski definition) is 3. The lowest BCUT2D eigenvalue weighted by atomic mass is 9.86. The van der Waals surface area contributed by atoms with Crippen molar-refractivity contribution in [1.29, 1.82) is 0 Å². The van der Waals surface area contributed by atoms with Crippen molar-refractivity contribution in [1.82, 2.24) is 10.6 Å². The van der Waals surface area contributed by atoms with Crippen molar-refractivity contribution in [3.8, 4) is 0 Å². The summed E-state index contributed by atoms with van der Waals surface area (Å²) >= 11 is 0. The van der Waals surface area contributed by atoms with Crippen LogP contribution in [0, 0.1) is 5.41 Å². The van der Waals surface area contributed by atoms with Crippen LogP contribution in [-0.4, -0.2) is 41.9 Å². The van der Waals surface area contributed by atoms with Crippen LogP contribution in [0.4, 0.5) is 4.79 Å². The van der Waals surface area contributed by atoms with Crippen LogP contribution in [0.15, 0.2) is 0 Å². The van der Waals surface area contributed by atoms with Gasteiger partial charge in [0.05, 0.1) is 11.0 Å². The van der Waals surface area contributed by atoms with Gasteiger partial charge in [-0.25, -0.2) is 4.79 Å². The molecule has 1 saturated heterocycles. The second kappa shape index (κ2) is 6.22. The van der Waals surface area contributed by atoms with Crippen molar-refractivity contribution in [2.24, 2.45) is 5.41 Å². The molecule has 120 valence electrons. The molecule has 0 bridgehead atoms. The van der Waals surface area contributed by atoms with Gasteiger partial charge in [-0.1, -0.05) is 13.8 Å². The minimum Gasteiger partial charge on any atom is -0.481 e. The highest BCUT2D eigenvalue weighted by atomic mass is 16.5. The molecule has 2 amide bonds. The molecule has 0 aromatic heterocycles. The quantitative estimate of drug-likeness (QED) is 0.699. The normalized spacial score (nSPS) is 25.9. The SMILES string of the molecule is CCC1(CC)CC(NC(=O)NCC2(C(=O)O)CC2)CCO1. The maximum absolute atomic E-state index is 11.9. The molecule has 3 N–H and O–H groups in total. The molecule has 6 heteroatoms. The van der Waals surface area contributed by atoms with Gasteiger partial charge in [0.1, 0.15) is 0 Å². The Bertz CT molecular complexity index is 402. The van der Waals surface area contributed by atoms with E-state index in [0.717, 1.165) is 25.7 Å². The molecule has 6 nitrogen and oxygen atoms in total. The van der Waals surface area contributed by atoms with Gasteiger partial charge >= 0.3 is 12.0 Å². The zero-order valence-corrected chi connectivity index (χ0v) is 12.9. The van der Waals surface area contributed by atoms with Gasteiger partial charge < -0.3 is 20.5 Å². The van der Waals surface area contributed by atoms with Crippen molar-refractivity contribution in [2.45, 2.75) is 64.0 Å². The van der Waals surface area contributed by atoms with E-state index in [1.54, 1.807) is 0 Å². The first-order valence-electron chi connectivity index (χ1n) is 7.87. The molecule has 1 unspecified atom stereocenters. The van der Waals surface area contributed by atoms with Crippen molar-refractivity contribution < 1.29 is 19.4 Å². The highest BCUT2D eigenvalue weighted by Crippen LogP contribution is 2.45. The average Bonchev–Trinajstić information content (AvgIpc) is 3.26. The van der Waals surface area contributed by atoms with Crippen LogP contribution in [-0.2, 0) is 9.53 Å². The summed E-state index contributed by atoms with van der Waals surface area (Å²) in [6.45, 7) is 5.08. The number of carboxylic acid groups (broad SMARTS) is 1. The first-order chi connectivity index (χ1) is 9.95. The average molecular weight is 298 g/mol. The highest BCUT2D eigenvalue weighted by molar-refractivity contribution is 5.80. The summed E-state index contributed by atoms with van der Waals surface area (Å²) < 4.78 is 5.88. The van der Waals surface area contributed by atoms with E-state index >= 15 is 0 Å². The molecule has 1 atom stereocenters. The molecular weight excluding hydrogens is 272 g/mol. The summed E-state index contributed by atoms with van der Waals surface area (Å²) in [4.78, 5) is 23.0. The number of amides is 2. The Hall–Kier alpha value is -1.30. The smallest absolute Gasteiger partial charge is 0.315 e. The monoisotopic (exact) mass is 298 g/mol. The van der Waals surface area contributed by atoms with Gasteiger partial charge in [0, 0.05) is 19.2 Å². The number of ether oxygens (including phenoxy) is 1. The Morgan fingerprint density at radius 3 is 2.48 bits per heavy atom. The third-order valence-corrected chi connectivity index (χ3v) is 5.01. The minimum atomic E-state index is -0.815. The number of aliphatic carboxylic acids is 1. The summed E-state index contributed by atoms with van der Waals surface area (Å²) in [5, 5.41) is 14.7. The zero-order valence-electron chi connectivity index (χ0n) is 12.9. The Balaban J connectivity index is 1.79. The number of carbonyl (C=O) groups is 2. The molecule has 2 fully saturated rings. The van der Waals surface area contributed by atoms with Gasteiger partial charge in [-0.2, -0.15) is 0 Å². The Kier molecular flexibility index (Phi) is 4.76. The first-order valence-corrected chi connectivity index (χ1v) is 7.87. The van der Waals surface area contributed by atoms with E-state index in [-0.39, 0.29) is 24.2 Å². The molecule has 2 aliphatic rings. The van der Waals surface area contributed by atoms with Crippen LogP contribution in [0.5, 0.6) is 0 Å². The Morgan fingerprint density at radius 1 is 1.29 bits per heavy atom. The molecule has 1 aliphatic heterocycles. The fraction of sp³-hybridized carbons (Fsp3) is 0.867. The van der Waals surface area contributed by atoms with Crippen LogP contribution < -0.4 is 10.6 Å². The molecule has 2 rings (SSSR count). The predicted molar refractivity (Wildman–Crippen MR) is 78.1 cm³/mol. The van der Waals surface area contributed by atoms with Crippen molar-refractivity contribution >= 4 is 12.0 Å². The maximum Gasteiger partial charge on any atom is 0.315 e. The van der Waals surface area contributed by atoms with Gasteiger partial charge in [0.25, 0.3) is 0 Å². The zero-order chi connectivity index (χ0) is 15.5. The van der Waals surface area contributed by atoms with Gasteiger partial charge in [-0.15, -0.1) is 0 Å². The number of rotatable bonds is 6. The van der Waals surface area contributed by atoms with E-state index in [0.29, 0.717) is 19.4 Å². The Labute approximate surface area is 125 Å². The van der Waals surface area contributed by atoms with E-state index < -0.39 is 11.4 Å². The van der Waals surface area contributed by atoms with Crippen molar-refractivity contribution in [3.63, 3.8) is 0 Å². The van der Waals surface area contributed by atoms with E-state index in [1.807, 2.05) is 0 Å². The molecule has 21 heavy (non-hydrogen) atoms. The number of nitrogens with one attached hydrogen (secondary N) is 2. The van der Waals surface area contributed by atoms with E-state index in [2.05, 4.69) is 24.5 Å². The molecule has 0 aromatic carbocycles. The summed E-state index contributed by atoms with van der Waals surface area (Å²) in [6.07, 6.45) is 4.79. The number of carbonyl (C=O) groups excluding carboxylic acids is 1. The molecular formula is C15H26N2O4. The van der Waals surface area contributed by atoms with Crippen LogP contribution in [0.2, 0.25) is 0 Å². The van der Waals surface area contributed by atoms with E-state index in [4.69, 9.17) is 9.84 Å². The van der Waals surface area contributed by atoms with Crippen LogP contribution >= 0.6 is 0 Å². The lowest BCUT2D eigenvalue weighted by Gasteiger charge is -2.40. The van der Waals surface area contributed by atoms with Crippen LogP contribution in [0.1, 0.15) is 52.4 Å². The summed E-state index contributed by atoms with van der Waals surface area (Å²) in [7, 11) is 0.